The summed E-state index contributed by atoms with van der Waals surface area (Å²) in [6, 6.07) is 3.72. The fourth-order valence-corrected chi connectivity index (χ4v) is 1.02. The van der Waals surface area contributed by atoms with E-state index >= 15 is 0 Å². The minimum Gasteiger partial charge on any atom is -0.411 e. The molecule has 11 heavy (non-hydrogen) atoms. The number of hydrogen-bond acceptors (Lipinski definition) is 4. The highest BCUT2D eigenvalue weighted by Gasteiger charge is 1.90. The molecule has 0 atom stereocenters. The SMILES string of the molecule is CSc1ccc(/C=N\O)cn1. The Kier molecular flexibility index (Phi) is 2.92. The molecule has 0 amide bonds. The summed E-state index contributed by atoms with van der Waals surface area (Å²) in [4.78, 5) is 4.08. The van der Waals surface area contributed by atoms with Crippen LogP contribution in [0, 0.1) is 0 Å². The monoisotopic (exact) mass is 168 g/mol. The molecule has 0 aliphatic heterocycles. The number of nitrogens with zero attached hydrogens (tertiary/aromatic N) is 2. The molecule has 0 spiro atoms. The average Bonchev–Trinajstić information content (AvgIpc) is 2.07. The lowest BCUT2D eigenvalue weighted by molar-refractivity contribution is 0.322. The van der Waals surface area contributed by atoms with E-state index in [4.69, 9.17) is 5.21 Å². The number of rotatable bonds is 2. The van der Waals surface area contributed by atoms with Crippen molar-refractivity contribution in [1.29, 1.82) is 0 Å². The predicted molar refractivity (Wildman–Crippen MR) is 45.4 cm³/mol. The molecule has 58 valence electrons. The summed E-state index contributed by atoms with van der Waals surface area (Å²) in [5, 5.41) is 12.0. The van der Waals surface area contributed by atoms with Crippen molar-refractivity contribution >= 4 is 18.0 Å². The van der Waals surface area contributed by atoms with E-state index in [1.165, 1.54) is 6.21 Å². The summed E-state index contributed by atoms with van der Waals surface area (Å²) < 4.78 is 0. The lowest BCUT2D eigenvalue weighted by atomic mass is 10.3. The van der Waals surface area contributed by atoms with E-state index in [1.807, 2.05) is 18.4 Å². The van der Waals surface area contributed by atoms with Gasteiger partial charge in [-0.15, -0.1) is 11.8 Å². The summed E-state index contributed by atoms with van der Waals surface area (Å²) in [5.41, 5.74) is 0.797. The van der Waals surface area contributed by atoms with Crippen molar-refractivity contribution in [2.24, 2.45) is 5.16 Å². The molecule has 0 fully saturated rings. The molecular formula is C7H8N2OS. The van der Waals surface area contributed by atoms with Crippen LogP contribution in [-0.4, -0.2) is 22.7 Å². The molecule has 1 aromatic heterocycles. The summed E-state index contributed by atoms with van der Waals surface area (Å²) >= 11 is 1.58. The summed E-state index contributed by atoms with van der Waals surface area (Å²) in [7, 11) is 0. The Morgan fingerprint density at radius 1 is 1.64 bits per heavy atom. The molecule has 3 nitrogen and oxygen atoms in total. The third kappa shape index (κ3) is 2.23. The molecule has 0 aliphatic carbocycles. The van der Waals surface area contributed by atoms with Crippen LogP contribution < -0.4 is 0 Å². The van der Waals surface area contributed by atoms with Gasteiger partial charge in [-0.2, -0.15) is 0 Å². The normalized spacial score (nSPS) is 10.6. The van der Waals surface area contributed by atoms with E-state index in [-0.39, 0.29) is 0 Å². The van der Waals surface area contributed by atoms with Gasteiger partial charge < -0.3 is 5.21 Å². The van der Waals surface area contributed by atoms with Crippen molar-refractivity contribution in [2.75, 3.05) is 6.26 Å². The Hall–Kier alpha value is -1.03. The Balaban J connectivity index is 2.82. The molecule has 1 heterocycles. The number of pyridine rings is 1. The first-order chi connectivity index (χ1) is 5.36. The summed E-state index contributed by atoms with van der Waals surface area (Å²) in [5.74, 6) is 0. The van der Waals surface area contributed by atoms with Crippen molar-refractivity contribution < 1.29 is 5.21 Å². The number of oxime groups is 1. The first-order valence-electron chi connectivity index (χ1n) is 3.04. The zero-order valence-corrected chi connectivity index (χ0v) is 6.88. The highest BCUT2D eigenvalue weighted by molar-refractivity contribution is 7.98. The first kappa shape index (κ1) is 8.07. The van der Waals surface area contributed by atoms with Gasteiger partial charge in [-0.05, 0) is 18.4 Å². The molecule has 0 radical (unpaired) electrons. The number of thioether (sulfide) groups is 1. The summed E-state index contributed by atoms with van der Waals surface area (Å²) in [6.07, 6.45) is 4.96. The zero-order chi connectivity index (χ0) is 8.10. The fraction of sp³-hybridized carbons (Fsp3) is 0.143. The second-order valence-electron chi connectivity index (χ2n) is 1.88. The van der Waals surface area contributed by atoms with Crippen LogP contribution in [0.3, 0.4) is 0 Å². The van der Waals surface area contributed by atoms with Crippen molar-refractivity contribution in [3.63, 3.8) is 0 Å². The van der Waals surface area contributed by atoms with Gasteiger partial charge in [0, 0.05) is 11.8 Å². The van der Waals surface area contributed by atoms with Crippen molar-refractivity contribution in [1.82, 2.24) is 4.98 Å². The minimum absolute atomic E-state index is 0.797. The van der Waals surface area contributed by atoms with Crippen molar-refractivity contribution in [3.8, 4) is 0 Å². The first-order valence-corrected chi connectivity index (χ1v) is 4.27. The van der Waals surface area contributed by atoms with Crippen LogP contribution in [0.1, 0.15) is 5.56 Å². The maximum Gasteiger partial charge on any atom is 0.0957 e. The lowest BCUT2D eigenvalue weighted by Gasteiger charge is -1.93. The zero-order valence-electron chi connectivity index (χ0n) is 6.06. The number of hydrogen-bond donors (Lipinski definition) is 1. The van der Waals surface area contributed by atoms with Gasteiger partial charge in [-0.1, -0.05) is 5.16 Å². The molecule has 0 aliphatic rings. The fourth-order valence-electron chi connectivity index (χ4n) is 0.656. The molecule has 1 N–H and O–H groups in total. The van der Waals surface area contributed by atoms with Gasteiger partial charge in [0.05, 0.1) is 11.2 Å². The third-order valence-electron chi connectivity index (χ3n) is 1.18. The Morgan fingerprint density at radius 2 is 2.45 bits per heavy atom. The van der Waals surface area contributed by atoms with Crippen molar-refractivity contribution in [2.45, 2.75) is 5.03 Å². The topological polar surface area (TPSA) is 45.5 Å². The van der Waals surface area contributed by atoms with E-state index in [9.17, 15) is 0 Å². The number of aromatic nitrogens is 1. The average molecular weight is 168 g/mol. The smallest absolute Gasteiger partial charge is 0.0957 e. The Labute approximate surface area is 69.1 Å². The molecule has 0 unspecified atom stereocenters. The van der Waals surface area contributed by atoms with Crippen LogP contribution in [0.25, 0.3) is 0 Å². The molecule has 4 heteroatoms. The van der Waals surface area contributed by atoms with E-state index < -0.39 is 0 Å². The molecule has 0 saturated carbocycles. The lowest BCUT2D eigenvalue weighted by Crippen LogP contribution is -1.83. The van der Waals surface area contributed by atoms with E-state index in [0.717, 1.165) is 10.6 Å². The van der Waals surface area contributed by atoms with Crippen LogP contribution >= 0.6 is 11.8 Å². The quantitative estimate of drug-likeness (QED) is 0.316. The molecule has 0 bridgehead atoms. The van der Waals surface area contributed by atoms with Gasteiger partial charge in [0.15, 0.2) is 0 Å². The van der Waals surface area contributed by atoms with Crippen molar-refractivity contribution in [3.05, 3.63) is 23.9 Å². The maximum absolute atomic E-state index is 8.18. The third-order valence-corrected chi connectivity index (χ3v) is 1.83. The summed E-state index contributed by atoms with van der Waals surface area (Å²) in [6.45, 7) is 0. The molecule has 1 rings (SSSR count). The van der Waals surface area contributed by atoms with Crippen LogP contribution in [-0.2, 0) is 0 Å². The molecular weight excluding hydrogens is 160 g/mol. The Morgan fingerprint density at radius 3 is 2.91 bits per heavy atom. The Bertz CT molecular complexity index is 245. The van der Waals surface area contributed by atoms with E-state index in [2.05, 4.69) is 10.1 Å². The second-order valence-corrected chi connectivity index (χ2v) is 2.70. The van der Waals surface area contributed by atoms with E-state index in [1.54, 1.807) is 18.0 Å². The van der Waals surface area contributed by atoms with Gasteiger partial charge >= 0.3 is 0 Å². The van der Waals surface area contributed by atoms with Crippen LogP contribution in [0.2, 0.25) is 0 Å². The highest BCUT2D eigenvalue weighted by atomic mass is 32.2. The van der Waals surface area contributed by atoms with Gasteiger partial charge in [0.1, 0.15) is 0 Å². The molecule has 0 saturated heterocycles. The largest absolute Gasteiger partial charge is 0.411 e. The minimum atomic E-state index is 0.797. The maximum atomic E-state index is 8.18. The van der Waals surface area contributed by atoms with Gasteiger partial charge in [0.25, 0.3) is 0 Å². The standard InChI is InChI=1S/C7H8N2OS/c1-11-7-3-2-6(4-8-7)5-9-10/h2-5,10H,1H3/b9-5-. The van der Waals surface area contributed by atoms with Crippen LogP contribution in [0.15, 0.2) is 28.5 Å². The second kappa shape index (κ2) is 3.98. The van der Waals surface area contributed by atoms with Gasteiger partial charge in [-0.3, -0.25) is 0 Å². The molecule has 1 aromatic rings. The molecule has 0 aromatic carbocycles. The van der Waals surface area contributed by atoms with Gasteiger partial charge in [-0.25, -0.2) is 4.98 Å². The van der Waals surface area contributed by atoms with Crippen LogP contribution in [0.4, 0.5) is 0 Å². The van der Waals surface area contributed by atoms with Gasteiger partial charge in [0.2, 0.25) is 0 Å². The van der Waals surface area contributed by atoms with E-state index in [0.29, 0.717) is 0 Å². The predicted octanol–water partition coefficient (Wildman–Crippen LogP) is 1.61. The highest BCUT2D eigenvalue weighted by Crippen LogP contribution is 2.09. The van der Waals surface area contributed by atoms with Crippen LogP contribution in [0.5, 0.6) is 0 Å².